The number of pyridine rings is 1. The van der Waals surface area contributed by atoms with Crippen LogP contribution in [0.2, 0.25) is 0 Å². The van der Waals surface area contributed by atoms with Crippen molar-refractivity contribution < 1.29 is 0 Å². The number of rotatable bonds is 2. The molecule has 0 radical (unpaired) electrons. The van der Waals surface area contributed by atoms with Gasteiger partial charge in [-0.25, -0.2) is 9.97 Å². The van der Waals surface area contributed by atoms with Crippen molar-refractivity contribution in [1.29, 1.82) is 0 Å². The Kier molecular flexibility index (Phi) is 3.25. The summed E-state index contributed by atoms with van der Waals surface area (Å²) < 4.78 is 0. The molecule has 3 heteroatoms. The van der Waals surface area contributed by atoms with Crippen LogP contribution in [0.1, 0.15) is 11.4 Å². The summed E-state index contributed by atoms with van der Waals surface area (Å²) in [5, 5.41) is 0. The quantitative estimate of drug-likeness (QED) is 0.704. The number of hydrogen-bond donors (Lipinski definition) is 0. The Hall–Kier alpha value is -2.55. The van der Waals surface area contributed by atoms with Crippen molar-refractivity contribution in [3.63, 3.8) is 0 Å². The molecule has 0 aliphatic heterocycles. The minimum atomic E-state index is 0.779. The van der Waals surface area contributed by atoms with Crippen LogP contribution in [0.3, 0.4) is 0 Å². The SMILES string of the molecule is Cc1ccc(-c2cccc(-c3ccnc(C)n3)c2)nc1. The number of benzene rings is 1. The standard InChI is InChI=1S/C17H15N3/c1-12-6-7-16(19-11-12)14-4-3-5-15(10-14)17-8-9-18-13(2)20-17/h3-11H,1-2H3. The first-order chi connectivity index (χ1) is 9.72. The van der Waals surface area contributed by atoms with E-state index in [0.29, 0.717) is 0 Å². The van der Waals surface area contributed by atoms with Gasteiger partial charge in [0, 0.05) is 23.5 Å². The summed E-state index contributed by atoms with van der Waals surface area (Å²) in [5.74, 6) is 0.779. The summed E-state index contributed by atoms with van der Waals surface area (Å²) in [6.07, 6.45) is 3.67. The molecule has 0 aliphatic carbocycles. The Morgan fingerprint density at radius 2 is 1.60 bits per heavy atom. The minimum absolute atomic E-state index is 0.779. The Bertz CT molecular complexity index is 733. The lowest BCUT2D eigenvalue weighted by atomic mass is 10.0. The molecule has 0 amide bonds. The van der Waals surface area contributed by atoms with Crippen LogP contribution in [0.25, 0.3) is 22.5 Å². The van der Waals surface area contributed by atoms with Crippen molar-refractivity contribution in [2.75, 3.05) is 0 Å². The zero-order valence-electron chi connectivity index (χ0n) is 11.5. The van der Waals surface area contributed by atoms with E-state index in [4.69, 9.17) is 0 Å². The Labute approximate surface area is 118 Å². The summed E-state index contributed by atoms with van der Waals surface area (Å²) in [7, 11) is 0. The maximum atomic E-state index is 4.47. The molecule has 0 bridgehead atoms. The van der Waals surface area contributed by atoms with E-state index in [1.807, 2.05) is 38.2 Å². The molecule has 1 aromatic carbocycles. The van der Waals surface area contributed by atoms with Gasteiger partial charge in [-0.05, 0) is 37.6 Å². The lowest BCUT2D eigenvalue weighted by Crippen LogP contribution is -1.90. The second kappa shape index (κ2) is 5.21. The van der Waals surface area contributed by atoms with Crippen LogP contribution in [0.5, 0.6) is 0 Å². The molecule has 0 saturated heterocycles. The molecule has 0 fully saturated rings. The van der Waals surface area contributed by atoms with Gasteiger partial charge in [-0.3, -0.25) is 4.98 Å². The fourth-order valence-electron chi connectivity index (χ4n) is 2.09. The molecule has 2 aromatic heterocycles. The lowest BCUT2D eigenvalue weighted by molar-refractivity contribution is 1.06. The van der Waals surface area contributed by atoms with Gasteiger partial charge < -0.3 is 0 Å². The van der Waals surface area contributed by atoms with Crippen LogP contribution in [0.4, 0.5) is 0 Å². The van der Waals surface area contributed by atoms with Crippen molar-refractivity contribution >= 4 is 0 Å². The third kappa shape index (κ3) is 2.57. The average molecular weight is 261 g/mol. The van der Waals surface area contributed by atoms with E-state index < -0.39 is 0 Å². The van der Waals surface area contributed by atoms with Gasteiger partial charge in [-0.2, -0.15) is 0 Å². The first-order valence-corrected chi connectivity index (χ1v) is 6.55. The monoisotopic (exact) mass is 261 g/mol. The average Bonchev–Trinajstić information content (AvgIpc) is 2.48. The number of aromatic nitrogens is 3. The van der Waals surface area contributed by atoms with E-state index in [-0.39, 0.29) is 0 Å². The van der Waals surface area contributed by atoms with Crippen molar-refractivity contribution in [3.05, 3.63) is 66.2 Å². The molecule has 20 heavy (non-hydrogen) atoms. The second-order valence-corrected chi connectivity index (χ2v) is 4.79. The summed E-state index contributed by atoms with van der Waals surface area (Å²) in [5.41, 5.74) is 5.25. The third-order valence-corrected chi connectivity index (χ3v) is 3.14. The minimum Gasteiger partial charge on any atom is -0.256 e. The largest absolute Gasteiger partial charge is 0.256 e. The predicted molar refractivity (Wildman–Crippen MR) is 80.2 cm³/mol. The molecular formula is C17H15N3. The molecule has 0 atom stereocenters. The molecule has 0 spiro atoms. The molecule has 0 N–H and O–H groups in total. The van der Waals surface area contributed by atoms with Crippen molar-refractivity contribution in [2.24, 2.45) is 0 Å². The van der Waals surface area contributed by atoms with E-state index in [1.54, 1.807) is 6.20 Å². The van der Waals surface area contributed by atoms with Crippen molar-refractivity contribution in [3.8, 4) is 22.5 Å². The van der Waals surface area contributed by atoms with Gasteiger partial charge in [0.15, 0.2) is 0 Å². The first kappa shape index (κ1) is 12.5. The molecule has 3 rings (SSSR count). The molecular weight excluding hydrogens is 246 g/mol. The van der Waals surface area contributed by atoms with Crippen LogP contribution >= 0.6 is 0 Å². The predicted octanol–water partition coefficient (Wildman–Crippen LogP) is 3.82. The van der Waals surface area contributed by atoms with Gasteiger partial charge >= 0.3 is 0 Å². The topological polar surface area (TPSA) is 38.7 Å². The Balaban J connectivity index is 2.03. The molecule has 0 saturated carbocycles. The normalized spacial score (nSPS) is 10.5. The lowest BCUT2D eigenvalue weighted by Gasteiger charge is -2.05. The molecule has 3 nitrogen and oxygen atoms in total. The van der Waals surface area contributed by atoms with Crippen molar-refractivity contribution in [1.82, 2.24) is 15.0 Å². The third-order valence-electron chi connectivity index (χ3n) is 3.14. The highest BCUT2D eigenvalue weighted by molar-refractivity contribution is 5.69. The van der Waals surface area contributed by atoms with Gasteiger partial charge in [0.25, 0.3) is 0 Å². The summed E-state index contributed by atoms with van der Waals surface area (Å²) in [6, 6.07) is 14.3. The maximum absolute atomic E-state index is 4.47. The second-order valence-electron chi connectivity index (χ2n) is 4.79. The van der Waals surface area contributed by atoms with Crippen LogP contribution in [-0.4, -0.2) is 15.0 Å². The highest BCUT2D eigenvalue weighted by atomic mass is 14.9. The first-order valence-electron chi connectivity index (χ1n) is 6.55. The highest BCUT2D eigenvalue weighted by Gasteiger charge is 2.04. The fraction of sp³-hybridized carbons (Fsp3) is 0.118. The molecule has 3 aromatic rings. The fourth-order valence-corrected chi connectivity index (χ4v) is 2.09. The smallest absolute Gasteiger partial charge is 0.125 e. The van der Waals surface area contributed by atoms with Crippen LogP contribution in [-0.2, 0) is 0 Å². The van der Waals surface area contributed by atoms with Gasteiger partial charge in [0.1, 0.15) is 5.82 Å². The highest BCUT2D eigenvalue weighted by Crippen LogP contribution is 2.24. The van der Waals surface area contributed by atoms with E-state index in [0.717, 1.165) is 33.9 Å². The van der Waals surface area contributed by atoms with E-state index in [1.165, 1.54) is 0 Å². The van der Waals surface area contributed by atoms with E-state index >= 15 is 0 Å². The van der Waals surface area contributed by atoms with Crippen LogP contribution in [0.15, 0.2) is 54.9 Å². The van der Waals surface area contributed by atoms with E-state index in [9.17, 15) is 0 Å². The van der Waals surface area contributed by atoms with Gasteiger partial charge in [0.05, 0.1) is 11.4 Å². The number of aryl methyl sites for hydroxylation is 2. The zero-order valence-corrected chi connectivity index (χ0v) is 11.5. The van der Waals surface area contributed by atoms with E-state index in [2.05, 4.69) is 39.2 Å². The zero-order chi connectivity index (χ0) is 13.9. The maximum Gasteiger partial charge on any atom is 0.125 e. The van der Waals surface area contributed by atoms with Gasteiger partial charge in [-0.15, -0.1) is 0 Å². The van der Waals surface area contributed by atoms with Gasteiger partial charge in [-0.1, -0.05) is 24.3 Å². The Morgan fingerprint density at radius 1 is 0.800 bits per heavy atom. The molecule has 0 unspecified atom stereocenters. The van der Waals surface area contributed by atoms with Gasteiger partial charge in [0.2, 0.25) is 0 Å². The van der Waals surface area contributed by atoms with Crippen molar-refractivity contribution in [2.45, 2.75) is 13.8 Å². The number of nitrogens with zero attached hydrogens (tertiary/aromatic N) is 3. The van der Waals surface area contributed by atoms with Crippen LogP contribution in [0, 0.1) is 13.8 Å². The number of hydrogen-bond acceptors (Lipinski definition) is 3. The van der Waals surface area contributed by atoms with Crippen LogP contribution < -0.4 is 0 Å². The molecule has 2 heterocycles. The molecule has 0 aliphatic rings. The summed E-state index contributed by atoms with van der Waals surface area (Å²) in [6.45, 7) is 3.94. The Morgan fingerprint density at radius 3 is 2.30 bits per heavy atom. The summed E-state index contributed by atoms with van der Waals surface area (Å²) in [4.78, 5) is 13.1. The summed E-state index contributed by atoms with van der Waals surface area (Å²) >= 11 is 0. The molecule has 98 valence electrons.